The molecule has 2 saturated heterocycles. The van der Waals surface area contributed by atoms with Crippen LogP contribution in [0.25, 0.3) is 11.0 Å². The van der Waals surface area contributed by atoms with Gasteiger partial charge in [-0.25, -0.2) is 9.97 Å². The van der Waals surface area contributed by atoms with Crippen LogP contribution in [0.4, 0.5) is 0 Å². The lowest BCUT2D eigenvalue weighted by Crippen LogP contribution is -2.44. The third-order valence-corrected chi connectivity index (χ3v) is 6.46. The predicted molar refractivity (Wildman–Crippen MR) is 112 cm³/mol. The fraction of sp³-hybridized carbons (Fsp3) is 0.409. The Hall–Kier alpha value is -2.42. The number of amides is 1. The van der Waals surface area contributed by atoms with Gasteiger partial charge in [-0.3, -0.25) is 4.79 Å². The fourth-order valence-corrected chi connectivity index (χ4v) is 4.95. The van der Waals surface area contributed by atoms with Gasteiger partial charge >= 0.3 is 0 Å². The molecule has 0 saturated carbocycles. The van der Waals surface area contributed by atoms with Crippen LogP contribution in [-0.2, 0) is 15.2 Å². The highest BCUT2D eigenvalue weighted by molar-refractivity contribution is 7.98. The Balaban J connectivity index is 1.40. The topological polar surface area (TPSA) is 77.7 Å². The molecule has 7 nitrogen and oxygen atoms in total. The number of likely N-dealkylation sites (tertiary alicyclic amines) is 1. The van der Waals surface area contributed by atoms with Crippen LogP contribution in [0.3, 0.4) is 0 Å². The Labute approximate surface area is 178 Å². The van der Waals surface area contributed by atoms with E-state index in [0.717, 1.165) is 29.4 Å². The summed E-state index contributed by atoms with van der Waals surface area (Å²) in [7, 11) is 0. The molecule has 5 rings (SSSR count). The first kappa shape index (κ1) is 19.5. The number of para-hydroxylation sites is 1. The first-order chi connectivity index (χ1) is 14.8. The van der Waals surface area contributed by atoms with E-state index < -0.39 is 0 Å². The standard InChI is InChI=1S/C22H23N3O4S/c26-20(25-10-3-5-15(13-25)21-27-11-12-28-21)19-17(14-30-22-23-8-4-9-24-22)16-6-1-2-7-18(16)29-19/h1-2,4,6-9,15,21H,3,5,10-14H2. The number of benzene rings is 1. The van der Waals surface area contributed by atoms with Crippen molar-refractivity contribution in [1.29, 1.82) is 0 Å². The van der Waals surface area contributed by atoms with Gasteiger partial charge in [0.2, 0.25) is 0 Å². The van der Waals surface area contributed by atoms with E-state index in [9.17, 15) is 4.79 Å². The second-order valence-electron chi connectivity index (χ2n) is 7.49. The van der Waals surface area contributed by atoms with Gasteiger partial charge in [0, 0.05) is 48.1 Å². The lowest BCUT2D eigenvalue weighted by molar-refractivity contribution is -0.0970. The van der Waals surface area contributed by atoms with E-state index in [0.29, 0.717) is 43.0 Å². The van der Waals surface area contributed by atoms with E-state index in [2.05, 4.69) is 9.97 Å². The van der Waals surface area contributed by atoms with Gasteiger partial charge in [0.05, 0.1) is 13.2 Å². The van der Waals surface area contributed by atoms with Crippen LogP contribution < -0.4 is 0 Å². The maximum absolute atomic E-state index is 13.5. The minimum absolute atomic E-state index is 0.0709. The number of aromatic nitrogens is 2. The van der Waals surface area contributed by atoms with Gasteiger partial charge in [0.1, 0.15) is 5.58 Å². The molecule has 0 radical (unpaired) electrons. The smallest absolute Gasteiger partial charge is 0.289 e. The first-order valence-corrected chi connectivity index (χ1v) is 11.2. The zero-order chi connectivity index (χ0) is 20.3. The molecular weight excluding hydrogens is 402 g/mol. The average molecular weight is 426 g/mol. The van der Waals surface area contributed by atoms with Gasteiger partial charge in [-0.1, -0.05) is 30.0 Å². The van der Waals surface area contributed by atoms with Crippen LogP contribution in [0.2, 0.25) is 0 Å². The van der Waals surface area contributed by atoms with Gasteiger partial charge in [-0.15, -0.1) is 0 Å². The third-order valence-electron chi connectivity index (χ3n) is 5.56. The molecular formula is C22H23N3O4S. The number of thioether (sulfide) groups is 1. The molecule has 2 aromatic heterocycles. The Bertz CT molecular complexity index is 1020. The molecule has 1 aromatic carbocycles. The summed E-state index contributed by atoms with van der Waals surface area (Å²) in [4.78, 5) is 23.9. The number of ether oxygens (including phenoxy) is 2. The van der Waals surface area contributed by atoms with Crippen LogP contribution in [-0.4, -0.2) is 53.4 Å². The quantitative estimate of drug-likeness (QED) is 0.455. The van der Waals surface area contributed by atoms with Gasteiger partial charge in [-0.05, 0) is 25.0 Å². The summed E-state index contributed by atoms with van der Waals surface area (Å²) >= 11 is 1.50. The van der Waals surface area contributed by atoms with Gasteiger partial charge in [0.25, 0.3) is 5.91 Å². The van der Waals surface area contributed by atoms with E-state index in [1.807, 2.05) is 29.2 Å². The Morgan fingerprint density at radius 1 is 1.13 bits per heavy atom. The maximum atomic E-state index is 13.5. The summed E-state index contributed by atoms with van der Waals surface area (Å²) in [5.74, 6) is 1.10. The van der Waals surface area contributed by atoms with Crippen molar-refractivity contribution in [2.75, 3.05) is 26.3 Å². The van der Waals surface area contributed by atoms with E-state index in [-0.39, 0.29) is 18.1 Å². The van der Waals surface area contributed by atoms with E-state index in [1.165, 1.54) is 11.8 Å². The second kappa shape index (κ2) is 8.75. The largest absolute Gasteiger partial charge is 0.451 e. The van der Waals surface area contributed by atoms with E-state index in [4.69, 9.17) is 13.9 Å². The molecule has 1 amide bonds. The van der Waals surface area contributed by atoms with Crippen LogP contribution in [0, 0.1) is 5.92 Å². The Kier molecular flexibility index (Phi) is 5.70. The molecule has 0 spiro atoms. The van der Waals surface area contributed by atoms with Crippen molar-refractivity contribution in [3.8, 4) is 0 Å². The van der Waals surface area contributed by atoms with E-state index in [1.54, 1.807) is 18.5 Å². The molecule has 1 unspecified atom stereocenters. The third kappa shape index (κ3) is 3.95. The molecule has 0 bridgehead atoms. The number of piperidine rings is 1. The van der Waals surface area contributed by atoms with Gasteiger partial charge < -0.3 is 18.8 Å². The van der Waals surface area contributed by atoms with Gasteiger partial charge in [0.15, 0.2) is 17.2 Å². The summed E-state index contributed by atoms with van der Waals surface area (Å²) in [5.41, 5.74) is 1.62. The maximum Gasteiger partial charge on any atom is 0.289 e. The number of rotatable bonds is 5. The first-order valence-electron chi connectivity index (χ1n) is 10.2. The molecule has 156 valence electrons. The number of nitrogens with zero attached hydrogens (tertiary/aromatic N) is 3. The molecule has 2 aliphatic heterocycles. The van der Waals surface area contributed by atoms with Crippen molar-refractivity contribution in [2.24, 2.45) is 5.92 Å². The van der Waals surface area contributed by atoms with Crippen molar-refractivity contribution in [1.82, 2.24) is 14.9 Å². The number of fused-ring (bicyclic) bond motifs is 1. The molecule has 1 atom stereocenters. The molecule has 2 fully saturated rings. The van der Waals surface area contributed by atoms with Crippen molar-refractivity contribution in [2.45, 2.75) is 30.0 Å². The normalized spacial score (nSPS) is 20.1. The van der Waals surface area contributed by atoms with Crippen LogP contribution in [0.15, 0.2) is 52.3 Å². The number of furan rings is 1. The molecule has 30 heavy (non-hydrogen) atoms. The molecule has 0 aliphatic carbocycles. The SMILES string of the molecule is O=C(c1oc2ccccc2c1CSc1ncccn1)N1CCCC(C2OCCO2)C1. The molecule has 4 heterocycles. The van der Waals surface area contributed by atoms with Crippen molar-refractivity contribution >= 4 is 28.6 Å². The monoisotopic (exact) mass is 425 g/mol. The van der Waals surface area contributed by atoms with Crippen LogP contribution in [0.5, 0.6) is 0 Å². The molecule has 8 heteroatoms. The fourth-order valence-electron chi connectivity index (χ4n) is 4.12. The number of hydrogen-bond donors (Lipinski definition) is 0. The van der Waals surface area contributed by atoms with Crippen molar-refractivity contribution in [3.05, 3.63) is 54.0 Å². The van der Waals surface area contributed by atoms with Crippen LogP contribution in [0.1, 0.15) is 29.0 Å². The molecule has 3 aromatic rings. The summed E-state index contributed by atoms with van der Waals surface area (Å²) in [6, 6.07) is 9.57. The average Bonchev–Trinajstić information content (AvgIpc) is 3.46. The number of hydrogen-bond acceptors (Lipinski definition) is 7. The van der Waals surface area contributed by atoms with Gasteiger partial charge in [-0.2, -0.15) is 0 Å². The predicted octanol–water partition coefficient (Wildman–Crippen LogP) is 3.74. The summed E-state index contributed by atoms with van der Waals surface area (Å²) < 4.78 is 17.4. The highest BCUT2D eigenvalue weighted by Crippen LogP contribution is 2.33. The lowest BCUT2D eigenvalue weighted by atomic mass is 9.97. The zero-order valence-corrected chi connectivity index (χ0v) is 17.3. The second-order valence-corrected chi connectivity index (χ2v) is 8.43. The van der Waals surface area contributed by atoms with E-state index >= 15 is 0 Å². The number of carbonyl (C=O) groups is 1. The Morgan fingerprint density at radius 2 is 1.93 bits per heavy atom. The highest BCUT2D eigenvalue weighted by atomic mass is 32.2. The minimum Gasteiger partial charge on any atom is -0.451 e. The lowest BCUT2D eigenvalue weighted by Gasteiger charge is -2.34. The summed E-state index contributed by atoms with van der Waals surface area (Å²) in [6.45, 7) is 2.59. The molecule has 0 N–H and O–H groups in total. The zero-order valence-electron chi connectivity index (χ0n) is 16.5. The van der Waals surface area contributed by atoms with Crippen LogP contribution >= 0.6 is 11.8 Å². The number of carbonyl (C=O) groups excluding carboxylic acids is 1. The Morgan fingerprint density at radius 3 is 2.77 bits per heavy atom. The molecule has 2 aliphatic rings. The summed E-state index contributed by atoms with van der Waals surface area (Å²) in [5, 5.41) is 1.63. The highest BCUT2D eigenvalue weighted by Gasteiger charge is 2.35. The van der Waals surface area contributed by atoms with Crippen molar-refractivity contribution < 1.29 is 18.7 Å². The van der Waals surface area contributed by atoms with Crippen molar-refractivity contribution in [3.63, 3.8) is 0 Å². The minimum atomic E-state index is -0.207. The summed E-state index contributed by atoms with van der Waals surface area (Å²) in [6.07, 6.45) is 5.16.